The molecule has 9 heteroatoms. The van der Waals surface area contributed by atoms with Gasteiger partial charge in [0.15, 0.2) is 11.5 Å². The molecule has 3 aliphatic rings. The van der Waals surface area contributed by atoms with Gasteiger partial charge in [-0.3, -0.25) is 14.9 Å². The lowest BCUT2D eigenvalue weighted by Crippen LogP contribution is -2.54. The number of carbonyl (C=O) groups is 3. The Morgan fingerprint density at radius 3 is 1.93 bits per heavy atom. The van der Waals surface area contributed by atoms with Gasteiger partial charge in [-0.25, -0.2) is 9.69 Å². The molecule has 4 amide bonds. The van der Waals surface area contributed by atoms with Gasteiger partial charge in [0.25, 0.3) is 11.8 Å². The third-order valence-electron chi connectivity index (χ3n) is 9.13. The molecule has 0 spiro atoms. The molecule has 46 heavy (non-hydrogen) atoms. The van der Waals surface area contributed by atoms with E-state index in [2.05, 4.69) is 50.4 Å². The average Bonchev–Trinajstić information content (AvgIpc) is 3.07. The average molecular weight is 679 g/mol. The first-order chi connectivity index (χ1) is 22.4. The molecule has 1 N–H and O–H groups in total. The quantitative estimate of drug-likeness (QED) is 0.175. The van der Waals surface area contributed by atoms with Gasteiger partial charge in [-0.15, -0.1) is 0 Å². The Balaban J connectivity index is 1.38. The lowest BCUT2D eigenvalue weighted by atomic mass is 9.76. The number of halogens is 1. The van der Waals surface area contributed by atoms with Gasteiger partial charge in [0.05, 0.1) is 24.4 Å². The molecular formula is C37H32BrN3O5. The molecule has 2 atom stereocenters. The molecule has 0 aliphatic carbocycles. The summed E-state index contributed by atoms with van der Waals surface area (Å²) < 4.78 is 11.5. The van der Waals surface area contributed by atoms with Crippen LogP contribution in [0.3, 0.4) is 0 Å². The Hall–Kier alpha value is -4.89. The molecule has 0 unspecified atom stereocenters. The van der Waals surface area contributed by atoms with Gasteiger partial charge in [-0.2, -0.15) is 0 Å². The zero-order chi connectivity index (χ0) is 31.9. The number of ether oxygens (including phenoxy) is 2. The van der Waals surface area contributed by atoms with Crippen molar-refractivity contribution < 1.29 is 23.9 Å². The number of amides is 4. The summed E-state index contributed by atoms with van der Waals surface area (Å²) in [4.78, 5) is 44.3. The van der Waals surface area contributed by atoms with Gasteiger partial charge in [0, 0.05) is 30.6 Å². The molecule has 0 aromatic heterocycles. The number of nitrogens with one attached hydrogen (secondary N) is 1. The number of urea groups is 1. The van der Waals surface area contributed by atoms with E-state index < -0.39 is 17.8 Å². The summed E-state index contributed by atoms with van der Waals surface area (Å²) in [5.41, 5.74) is 6.52. The molecule has 4 aromatic rings. The van der Waals surface area contributed by atoms with Crippen LogP contribution in [0.25, 0.3) is 6.08 Å². The van der Waals surface area contributed by atoms with E-state index in [0.29, 0.717) is 27.2 Å². The highest BCUT2D eigenvalue weighted by atomic mass is 79.9. The lowest BCUT2D eigenvalue weighted by Gasteiger charge is -2.44. The van der Waals surface area contributed by atoms with Crippen LogP contribution in [0.15, 0.2) is 95.0 Å². The summed E-state index contributed by atoms with van der Waals surface area (Å²) in [6.07, 6.45) is 3.29. The Bertz CT molecular complexity index is 1820. The zero-order valence-electron chi connectivity index (χ0n) is 25.5. The van der Waals surface area contributed by atoms with Gasteiger partial charge in [0.2, 0.25) is 0 Å². The van der Waals surface area contributed by atoms with E-state index in [0.717, 1.165) is 42.0 Å². The number of rotatable bonds is 6. The van der Waals surface area contributed by atoms with Crippen LogP contribution in [-0.2, 0) is 9.59 Å². The fourth-order valence-corrected chi connectivity index (χ4v) is 7.67. The summed E-state index contributed by atoms with van der Waals surface area (Å²) in [5.74, 6) is -0.361. The predicted octanol–water partition coefficient (Wildman–Crippen LogP) is 7.01. The van der Waals surface area contributed by atoms with Crippen molar-refractivity contribution in [2.75, 3.05) is 37.1 Å². The van der Waals surface area contributed by atoms with Crippen molar-refractivity contribution in [1.29, 1.82) is 0 Å². The van der Waals surface area contributed by atoms with Crippen molar-refractivity contribution in [2.45, 2.75) is 24.7 Å². The van der Waals surface area contributed by atoms with Crippen LogP contribution < -0.4 is 24.6 Å². The van der Waals surface area contributed by atoms with E-state index in [4.69, 9.17) is 9.47 Å². The maximum Gasteiger partial charge on any atom is 0.335 e. The highest BCUT2D eigenvalue weighted by Gasteiger charge is 2.40. The number of barbiturate groups is 1. The number of methoxy groups -OCH3 is 2. The smallest absolute Gasteiger partial charge is 0.335 e. The molecule has 3 heterocycles. The molecule has 0 saturated carbocycles. The molecule has 3 aliphatic heterocycles. The van der Waals surface area contributed by atoms with E-state index >= 15 is 0 Å². The Morgan fingerprint density at radius 1 is 0.804 bits per heavy atom. The number of hydrogen-bond acceptors (Lipinski definition) is 6. The van der Waals surface area contributed by atoms with Crippen molar-refractivity contribution >= 4 is 51.2 Å². The van der Waals surface area contributed by atoms with Crippen LogP contribution in [0, 0.1) is 0 Å². The van der Waals surface area contributed by atoms with Crippen molar-refractivity contribution in [1.82, 2.24) is 5.32 Å². The maximum atomic E-state index is 14.2. The number of imide groups is 2. The normalized spacial score (nSPS) is 20.0. The number of anilines is 2. The largest absolute Gasteiger partial charge is 0.493 e. The van der Waals surface area contributed by atoms with Crippen molar-refractivity contribution in [3.63, 3.8) is 0 Å². The van der Waals surface area contributed by atoms with Crippen LogP contribution in [0.1, 0.15) is 52.5 Å². The first kappa shape index (κ1) is 29.8. The number of nitrogens with zero attached hydrogens (tertiary/aromatic N) is 2. The molecule has 0 bridgehead atoms. The third kappa shape index (κ3) is 5.14. The molecule has 8 nitrogen and oxygen atoms in total. The Labute approximate surface area is 275 Å². The predicted molar refractivity (Wildman–Crippen MR) is 181 cm³/mol. The van der Waals surface area contributed by atoms with Crippen molar-refractivity contribution in [2.24, 2.45) is 0 Å². The second-order valence-corrected chi connectivity index (χ2v) is 12.5. The number of carbonyl (C=O) groups excluding carboxylic acids is 3. The first-order valence-electron chi connectivity index (χ1n) is 15.2. The highest BCUT2D eigenvalue weighted by Crippen LogP contribution is 2.50. The number of hydrogen-bond donors (Lipinski definition) is 1. The molecule has 7 rings (SSSR count). The summed E-state index contributed by atoms with van der Waals surface area (Å²) in [6, 6.07) is 27.3. The van der Waals surface area contributed by atoms with E-state index in [1.807, 2.05) is 48.5 Å². The molecule has 232 valence electrons. The van der Waals surface area contributed by atoms with Crippen LogP contribution in [0.5, 0.6) is 11.5 Å². The molecule has 1 fully saturated rings. The van der Waals surface area contributed by atoms with Crippen molar-refractivity contribution in [3.8, 4) is 11.5 Å². The fraction of sp³-hybridized carbons (Fsp3) is 0.216. The second kappa shape index (κ2) is 12.1. The number of benzene rings is 4. The van der Waals surface area contributed by atoms with Crippen molar-refractivity contribution in [3.05, 3.63) is 123 Å². The van der Waals surface area contributed by atoms with E-state index in [9.17, 15) is 14.4 Å². The monoisotopic (exact) mass is 677 g/mol. The minimum Gasteiger partial charge on any atom is -0.493 e. The van der Waals surface area contributed by atoms with E-state index in [-0.39, 0.29) is 17.4 Å². The second-order valence-electron chi connectivity index (χ2n) is 11.7. The molecule has 4 aromatic carbocycles. The molecule has 0 radical (unpaired) electrons. The van der Waals surface area contributed by atoms with E-state index in [1.54, 1.807) is 12.1 Å². The SMILES string of the molecule is COc1cc(/C=C2\C(=O)NC(=O)N(c3cc4c5c(c3)[C@@H](c3ccccc3)CCN5CC[C@@H]4c3ccccc3)C2=O)cc(Br)c1OC. The van der Waals surface area contributed by atoms with Crippen LogP contribution in [0.2, 0.25) is 0 Å². The topological polar surface area (TPSA) is 88.2 Å². The van der Waals surface area contributed by atoms with Crippen LogP contribution in [0.4, 0.5) is 16.2 Å². The van der Waals surface area contributed by atoms with Crippen LogP contribution >= 0.6 is 15.9 Å². The zero-order valence-corrected chi connectivity index (χ0v) is 27.0. The molecular weight excluding hydrogens is 646 g/mol. The molecule has 1 saturated heterocycles. The van der Waals surface area contributed by atoms with Crippen LogP contribution in [-0.4, -0.2) is 45.2 Å². The summed E-state index contributed by atoms with van der Waals surface area (Å²) in [5, 5.41) is 2.40. The van der Waals surface area contributed by atoms with Gasteiger partial charge in [0.1, 0.15) is 5.57 Å². The Morgan fingerprint density at radius 2 is 1.39 bits per heavy atom. The van der Waals surface area contributed by atoms with Gasteiger partial charge in [-0.05, 0) is 86.9 Å². The standard InChI is InChI=1S/C37H32BrN3O5/c1-45-32-19-22(18-31(38)34(32)46-2)17-30-35(42)39-37(44)41(36(30)43)25-20-28-26(23-9-5-3-6-10-23)13-15-40-16-14-27(29(21-25)33(28)40)24-11-7-4-8-12-24/h3-12,17-21,26-27H,13-16H2,1-2H3,(H,39,42,44)/b30-17+/t26-,27-/m1/s1. The summed E-state index contributed by atoms with van der Waals surface area (Å²) in [7, 11) is 3.04. The van der Waals surface area contributed by atoms with Gasteiger partial charge in [-0.1, -0.05) is 60.7 Å². The first-order valence-corrected chi connectivity index (χ1v) is 16.0. The lowest BCUT2D eigenvalue weighted by molar-refractivity contribution is -0.122. The fourth-order valence-electron chi connectivity index (χ4n) is 7.05. The van der Waals surface area contributed by atoms with Gasteiger partial charge < -0.3 is 14.4 Å². The van der Waals surface area contributed by atoms with E-state index in [1.165, 1.54) is 37.1 Å². The highest BCUT2D eigenvalue weighted by molar-refractivity contribution is 9.10. The third-order valence-corrected chi connectivity index (χ3v) is 9.72. The summed E-state index contributed by atoms with van der Waals surface area (Å²) in [6.45, 7) is 1.84. The Kier molecular flexibility index (Phi) is 7.86. The summed E-state index contributed by atoms with van der Waals surface area (Å²) >= 11 is 3.47. The van der Waals surface area contributed by atoms with Gasteiger partial charge >= 0.3 is 6.03 Å². The minimum absolute atomic E-state index is 0.0874. The maximum absolute atomic E-state index is 14.2. The minimum atomic E-state index is -0.774.